The van der Waals surface area contributed by atoms with E-state index in [0.717, 1.165) is 30.4 Å². The Morgan fingerprint density at radius 1 is 0.694 bits per heavy atom. The van der Waals surface area contributed by atoms with Gasteiger partial charge in [0, 0.05) is 33.1 Å². The van der Waals surface area contributed by atoms with E-state index in [1.807, 2.05) is 0 Å². The number of fused-ring (bicyclic) bond motifs is 8. The normalized spacial score (nSPS) is 49.4. The lowest BCUT2D eigenvalue weighted by Crippen LogP contribution is -2.69. The SMILES string of the molecule is CC(C)[C@]12O[C@H]1[C@@H]1O[C@]13[C@]1(O[C@H]1C[C@H]1C4=C(CC[C@@]13C)C(=O)OC4)[C@@H]2O.COc1ccc(C(=O)O/C(=C2/OC(=O)C3=C2[C@@H]2C[C@@H]4O[C@@]45[C@H](O)[C@@]4(C(C)C)O[C@H]4[C@@H]4O[C@@]45[C@@]2(C)CC3)c2ccc(CO)cc2)cc1. The number of allylic oxidation sites excluding steroid dienone is 1. The van der Waals surface area contributed by atoms with E-state index in [1.165, 1.54) is 0 Å². The van der Waals surface area contributed by atoms with Gasteiger partial charge in [-0.1, -0.05) is 65.8 Å². The second-order valence-corrected chi connectivity index (χ2v) is 24.2. The Morgan fingerprint density at radius 2 is 1.24 bits per heavy atom. The van der Waals surface area contributed by atoms with Crippen LogP contribution in [0.3, 0.4) is 0 Å². The van der Waals surface area contributed by atoms with Gasteiger partial charge < -0.3 is 62.7 Å². The van der Waals surface area contributed by atoms with Crippen LogP contribution in [0.15, 0.2) is 76.6 Å². The molecule has 0 amide bonds. The topological polar surface area (TPSA) is 224 Å². The fourth-order valence-electron chi connectivity index (χ4n) is 17.4. The molecule has 0 unspecified atom stereocenters. The molecule has 2 aromatic rings. The molecule has 8 heterocycles. The Morgan fingerprint density at radius 3 is 1.79 bits per heavy atom. The van der Waals surface area contributed by atoms with Gasteiger partial charge in [0.25, 0.3) is 0 Å². The van der Waals surface area contributed by atoms with Crippen LogP contribution in [0.4, 0.5) is 0 Å². The second kappa shape index (κ2) is 13.7. The number of rotatable bonds is 7. The summed E-state index contributed by atoms with van der Waals surface area (Å²) in [4.78, 5) is 39.2. The maximum atomic E-state index is 13.6. The number of aliphatic hydroxyl groups is 3. The number of methoxy groups -OCH3 is 1. The molecule has 0 bridgehead atoms. The first kappa shape index (κ1) is 44.9. The van der Waals surface area contributed by atoms with Crippen LogP contribution in [0.2, 0.25) is 0 Å². The third kappa shape index (κ3) is 4.79. The quantitative estimate of drug-likeness (QED) is 0.145. The number of epoxide rings is 6. The zero-order chi connectivity index (χ0) is 49.8. The Labute approximate surface area is 415 Å². The molecule has 2 aromatic carbocycles. The van der Waals surface area contributed by atoms with E-state index in [9.17, 15) is 29.7 Å². The van der Waals surface area contributed by atoms with E-state index in [-0.39, 0.29) is 89.8 Å². The van der Waals surface area contributed by atoms with Crippen LogP contribution in [0.5, 0.6) is 5.75 Å². The van der Waals surface area contributed by atoms with Gasteiger partial charge in [0.05, 0.1) is 31.5 Å². The van der Waals surface area contributed by atoms with Crippen molar-refractivity contribution in [3.63, 3.8) is 0 Å². The fraction of sp³-hybridized carbons (Fsp3) is 0.625. The summed E-state index contributed by atoms with van der Waals surface area (Å²) >= 11 is 0. The monoisotopic (exact) mass is 988 g/mol. The molecule has 380 valence electrons. The maximum absolute atomic E-state index is 13.6. The van der Waals surface area contributed by atoms with Crippen LogP contribution in [0.1, 0.15) is 102 Å². The number of carbonyl (C=O) groups excluding carboxylic acids is 3. The zero-order valence-electron chi connectivity index (χ0n) is 41.4. The molecule has 16 nitrogen and oxygen atoms in total. The lowest BCUT2D eigenvalue weighted by Gasteiger charge is -2.53. The van der Waals surface area contributed by atoms with Crippen LogP contribution in [-0.4, -0.2) is 129 Å². The summed E-state index contributed by atoms with van der Waals surface area (Å²) < 4.78 is 61.3. The maximum Gasteiger partial charge on any atom is 0.343 e. The molecule has 8 aliphatic heterocycles. The highest BCUT2D eigenvalue weighted by Gasteiger charge is 3.02. The standard InChI is InChI=1S/C36H36O10.C20H24O6/c1-17(2)34-28(45-34)29-36(46-29)33(3)14-13-22-25(23(33)15-24-35(36,44-24)32(34)40)27(43-31(22)39)26(19-7-5-18(16-37)6-8-19)42-30(38)20-9-11-21(41-4)12-10-20;1-8(2)18-13(25-18)14-20(26-14)17(3)5-4-9-10(7-23-15(9)21)11(17)6-12-19(20,24-12)16(18)22/h5-12,17,23-24,28-29,32,37,40H,13-16H2,1-4H3;8,11-14,16,22H,4-7H2,1-3H3/b27-26+;/t23-,24-,28-,29-,32+,33-,34-,35+,36+;11-,12-,13-,14-,16+,17-,18-,19+,20+/m00/s1. The smallest absolute Gasteiger partial charge is 0.343 e. The third-order valence-corrected chi connectivity index (χ3v) is 21.3. The molecule has 10 fully saturated rings. The number of hydrogen-bond donors (Lipinski definition) is 3. The summed E-state index contributed by atoms with van der Waals surface area (Å²) in [5, 5.41) is 33.0. The number of benzene rings is 2. The first-order chi connectivity index (χ1) is 34.4. The van der Waals surface area contributed by atoms with Crippen LogP contribution in [0, 0.1) is 34.5 Å². The highest BCUT2D eigenvalue weighted by atomic mass is 16.8. The van der Waals surface area contributed by atoms with Gasteiger partial charge in [-0.25, -0.2) is 14.4 Å². The number of cyclic esters (lactones) is 2. The summed E-state index contributed by atoms with van der Waals surface area (Å²) in [5.74, 6) is 0.0238. The average molecular weight is 989 g/mol. The Bertz CT molecular complexity index is 2940. The minimum Gasteiger partial charge on any atom is -0.497 e. The van der Waals surface area contributed by atoms with Crippen LogP contribution < -0.4 is 4.74 Å². The molecule has 4 spiro atoms. The molecule has 6 saturated heterocycles. The Kier molecular flexibility index (Phi) is 8.53. The fourth-order valence-corrected chi connectivity index (χ4v) is 17.4. The van der Waals surface area contributed by atoms with Gasteiger partial charge >= 0.3 is 17.9 Å². The lowest BCUT2D eigenvalue weighted by molar-refractivity contribution is -0.136. The van der Waals surface area contributed by atoms with Crippen LogP contribution in [-0.2, 0) is 58.8 Å². The summed E-state index contributed by atoms with van der Waals surface area (Å²) in [7, 11) is 1.55. The third-order valence-electron chi connectivity index (χ3n) is 21.3. The average Bonchev–Trinajstić information content (AvgIpc) is 4.16. The molecule has 0 radical (unpaired) electrons. The van der Waals surface area contributed by atoms with Crippen molar-refractivity contribution in [2.24, 2.45) is 34.5 Å². The predicted octanol–water partition coefficient (Wildman–Crippen LogP) is 4.93. The summed E-state index contributed by atoms with van der Waals surface area (Å²) in [5.41, 5.74) is 0.178. The lowest BCUT2D eigenvalue weighted by atomic mass is 9.46. The largest absolute Gasteiger partial charge is 0.497 e. The van der Waals surface area contributed by atoms with E-state index in [2.05, 4.69) is 41.5 Å². The molecule has 0 aromatic heterocycles. The molecule has 14 aliphatic rings. The van der Waals surface area contributed by atoms with Gasteiger partial charge in [-0.2, -0.15) is 0 Å². The highest BCUT2D eigenvalue weighted by Crippen LogP contribution is 2.85. The highest BCUT2D eigenvalue weighted by molar-refractivity contribution is 5.99. The number of esters is 3. The summed E-state index contributed by atoms with van der Waals surface area (Å²) in [6, 6.07) is 13.5. The second-order valence-electron chi connectivity index (χ2n) is 24.2. The van der Waals surface area contributed by atoms with Crippen molar-refractivity contribution in [2.45, 2.75) is 169 Å². The van der Waals surface area contributed by atoms with Crippen LogP contribution >= 0.6 is 0 Å². The van der Waals surface area contributed by atoms with Crippen LogP contribution in [0.25, 0.3) is 5.76 Å². The number of hydrogen-bond acceptors (Lipinski definition) is 16. The van der Waals surface area contributed by atoms with Gasteiger partial charge in [0.1, 0.15) is 71.4 Å². The molecular weight excluding hydrogens is 929 g/mol. The first-order valence-electron chi connectivity index (χ1n) is 26.0. The van der Waals surface area contributed by atoms with Crippen molar-refractivity contribution in [2.75, 3.05) is 13.7 Å². The first-order valence-corrected chi connectivity index (χ1v) is 26.0. The van der Waals surface area contributed by atoms with Gasteiger partial charge in [-0.05, 0) is 97.6 Å². The number of ether oxygens (including phenoxy) is 10. The summed E-state index contributed by atoms with van der Waals surface area (Å²) in [6.45, 7) is 13.1. The van der Waals surface area contributed by atoms with Crippen molar-refractivity contribution in [3.8, 4) is 5.75 Å². The van der Waals surface area contributed by atoms with E-state index < -0.39 is 63.2 Å². The molecule has 72 heavy (non-hydrogen) atoms. The number of carbonyl (C=O) groups is 3. The minimum atomic E-state index is -0.866. The molecule has 16 rings (SSSR count). The summed E-state index contributed by atoms with van der Waals surface area (Å²) in [6.07, 6.45) is 1.80. The van der Waals surface area contributed by atoms with Crippen molar-refractivity contribution in [1.82, 2.24) is 0 Å². The predicted molar refractivity (Wildman–Crippen MR) is 247 cm³/mol. The van der Waals surface area contributed by atoms with Gasteiger partial charge in [0.2, 0.25) is 0 Å². The Balaban J connectivity index is 0.000000149. The van der Waals surface area contributed by atoms with Crippen molar-refractivity contribution in [1.29, 1.82) is 0 Å². The molecule has 16 heteroatoms. The van der Waals surface area contributed by atoms with E-state index in [4.69, 9.17) is 47.4 Å². The molecule has 18 atom stereocenters. The molecular formula is C56H60O16. The van der Waals surface area contributed by atoms with Gasteiger partial charge in [0.15, 0.2) is 22.7 Å². The molecule has 3 N–H and O–H groups in total. The van der Waals surface area contributed by atoms with E-state index >= 15 is 0 Å². The number of aliphatic hydroxyl groups excluding tert-OH is 3. The van der Waals surface area contributed by atoms with Crippen molar-refractivity contribution >= 4 is 23.7 Å². The van der Waals surface area contributed by atoms with E-state index in [1.54, 1.807) is 55.6 Å². The van der Waals surface area contributed by atoms with Gasteiger partial charge in [-0.3, -0.25) is 0 Å². The van der Waals surface area contributed by atoms with Gasteiger partial charge in [-0.15, -0.1) is 0 Å². The van der Waals surface area contributed by atoms with Crippen molar-refractivity contribution < 1.29 is 77.1 Å². The Hall–Kier alpha value is -4.49. The van der Waals surface area contributed by atoms with E-state index in [0.29, 0.717) is 59.5 Å². The molecule has 4 saturated carbocycles. The minimum absolute atomic E-state index is 0.00808. The zero-order valence-corrected chi connectivity index (χ0v) is 41.4. The molecule has 6 aliphatic carbocycles. The van der Waals surface area contributed by atoms with Crippen molar-refractivity contribution in [3.05, 3.63) is 93.3 Å².